The van der Waals surface area contributed by atoms with Gasteiger partial charge in [0.25, 0.3) is 0 Å². The van der Waals surface area contributed by atoms with E-state index in [-0.39, 0.29) is 96.8 Å². The number of thiazole rings is 1. The molecule has 56 heavy (non-hydrogen) atoms. The third-order valence-electron chi connectivity index (χ3n) is 11.5. The third-order valence-corrected chi connectivity index (χ3v) is 12.6. The summed E-state index contributed by atoms with van der Waals surface area (Å²) in [5.74, 6) is 3.31. The van der Waals surface area contributed by atoms with E-state index in [0.717, 1.165) is 42.8 Å². The van der Waals surface area contributed by atoms with Crippen molar-refractivity contribution in [1.29, 1.82) is 0 Å². The van der Waals surface area contributed by atoms with Crippen molar-refractivity contribution < 1.29 is 33.8 Å². The second-order valence-electron chi connectivity index (χ2n) is 16.4. The average Bonchev–Trinajstić information content (AvgIpc) is 3.68. The molecule has 12 nitrogen and oxygen atoms in total. The van der Waals surface area contributed by atoms with Gasteiger partial charge in [-0.25, -0.2) is 10.8 Å². The Morgan fingerprint density at radius 2 is 1.73 bits per heavy atom. The molecule has 1 aliphatic heterocycles. The number of esters is 1. The van der Waals surface area contributed by atoms with E-state index in [2.05, 4.69) is 10.3 Å². The summed E-state index contributed by atoms with van der Waals surface area (Å²) < 4.78 is 5.73. The monoisotopic (exact) mass is 797 g/mol. The summed E-state index contributed by atoms with van der Waals surface area (Å²) in [6.07, 6.45) is 6.24. The normalized spacial score (nSPS) is 18.0. The lowest BCUT2D eigenvalue weighted by Crippen LogP contribution is -2.50. The molecule has 312 valence electrons. The van der Waals surface area contributed by atoms with Crippen LogP contribution in [0.3, 0.4) is 0 Å². The molecular formula is C43H67N5O7S. The molecule has 2 heterocycles. The van der Waals surface area contributed by atoms with Gasteiger partial charge in [-0.15, -0.1) is 11.3 Å². The summed E-state index contributed by atoms with van der Waals surface area (Å²) in [6.45, 7) is 14.5. The molecular weight excluding hydrogens is 731 g/mol. The highest BCUT2D eigenvalue weighted by Gasteiger charge is 2.38. The number of aromatic nitrogens is 1. The maximum atomic E-state index is 14.7. The number of nitrogens with two attached hydrogens (primary N) is 1. The fourth-order valence-corrected chi connectivity index (χ4v) is 8.69. The predicted molar refractivity (Wildman–Crippen MR) is 220 cm³/mol. The first-order valence-corrected chi connectivity index (χ1v) is 21.4. The van der Waals surface area contributed by atoms with E-state index in [1.54, 1.807) is 29.3 Å². The van der Waals surface area contributed by atoms with E-state index in [1.807, 2.05) is 60.7 Å². The minimum absolute atomic E-state index is 0.0153. The zero-order valence-electron chi connectivity index (χ0n) is 34.9. The smallest absolute Gasteiger partial charge is 0.307 e. The van der Waals surface area contributed by atoms with Crippen molar-refractivity contribution in [1.82, 2.24) is 20.2 Å². The Labute approximate surface area is 338 Å². The van der Waals surface area contributed by atoms with Gasteiger partial charge in [-0.05, 0) is 87.6 Å². The standard InChI is InChI=1S/C43H67N5O7S/c1-9-13-40(52)55-26-48(43(54)34(28(5)10-2)24-39(51)36-14-11-12-19-47(36)8)37(27(3)4)21-30(7)42-45-35(25-56-42)38(50)23-32(20-29(6)41(53)46-44)22-31-15-17-33(49)18-16-31/h15-18,25,27-30,32,34,36-37,49H,9-14,19-24,26,44H2,1-8H3,(H,46,53)/t28?,29-,30+,32+,34-,36+,37+/m0/s1. The molecule has 1 aromatic heterocycles. The molecule has 1 saturated heterocycles. The number of benzene rings is 1. The van der Waals surface area contributed by atoms with Gasteiger partial charge < -0.3 is 14.7 Å². The number of hydrogen-bond acceptors (Lipinski definition) is 11. The lowest BCUT2D eigenvalue weighted by Gasteiger charge is -2.39. The molecule has 7 atom stereocenters. The SMILES string of the molecule is CCCC(=O)OCN(C(=O)[C@@H](CC(=O)[C@H]1CCCCN1C)C(C)CC)[C@H](C[C@@H](C)c1nc(C(=O)C[C@@H](Cc2ccc(O)cc2)C[C@H](C)C(=O)NN)cs1)C(C)C. The summed E-state index contributed by atoms with van der Waals surface area (Å²) in [7, 11) is 1.98. The molecule has 0 aliphatic carbocycles. The lowest BCUT2D eigenvalue weighted by atomic mass is 9.82. The quantitative estimate of drug-likeness (QED) is 0.0264. The van der Waals surface area contributed by atoms with Gasteiger partial charge in [-0.1, -0.05) is 73.4 Å². The van der Waals surface area contributed by atoms with Crippen LogP contribution in [0.2, 0.25) is 0 Å². The number of carbonyl (C=O) groups excluding carboxylic acids is 5. The number of likely N-dealkylation sites (tertiary alicyclic amines) is 1. The molecule has 3 rings (SSSR count). The molecule has 0 radical (unpaired) electrons. The Morgan fingerprint density at radius 3 is 2.34 bits per heavy atom. The minimum atomic E-state index is -0.554. The number of carbonyl (C=O) groups is 5. The number of likely N-dealkylation sites (N-methyl/N-ethyl adjacent to an activating group) is 1. The van der Waals surface area contributed by atoms with Gasteiger partial charge in [0.15, 0.2) is 18.3 Å². The number of ketones is 2. The number of amides is 2. The zero-order chi connectivity index (χ0) is 41.5. The van der Waals surface area contributed by atoms with Gasteiger partial charge in [0.05, 0.1) is 11.0 Å². The number of rotatable bonds is 23. The maximum absolute atomic E-state index is 14.7. The third kappa shape index (κ3) is 13.8. The summed E-state index contributed by atoms with van der Waals surface area (Å²) in [4.78, 5) is 75.7. The van der Waals surface area contributed by atoms with Crippen molar-refractivity contribution in [2.24, 2.45) is 35.4 Å². The number of nitrogens with zero attached hydrogens (tertiary/aromatic N) is 3. The van der Waals surface area contributed by atoms with Crippen LogP contribution in [0.1, 0.15) is 140 Å². The maximum Gasteiger partial charge on any atom is 0.307 e. The molecule has 2 amide bonds. The molecule has 1 aliphatic rings. The summed E-state index contributed by atoms with van der Waals surface area (Å²) in [5, 5.41) is 12.3. The number of Topliss-reactive ketones (excluding diaryl/α,β-unsaturated/α-hetero) is 2. The van der Waals surface area contributed by atoms with Crippen molar-refractivity contribution in [3.8, 4) is 5.75 Å². The fourth-order valence-electron chi connectivity index (χ4n) is 7.79. The van der Waals surface area contributed by atoms with Crippen LogP contribution in [0.25, 0.3) is 0 Å². The highest BCUT2D eigenvalue weighted by atomic mass is 32.1. The highest BCUT2D eigenvalue weighted by molar-refractivity contribution is 7.09. The molecule has 0 saturated carbocycles. The number of aromatic hydroxyl groups is 1. The molecule has 13 heteroatoms. The van der Waals surface area contributed by atoms with E-state index in [4.69, 9.17) is 15.6 Å². The number of piperidine rings is 1. The Bertz CT molecular complexity index is 1580. The van der Waals surface area contributed by atoms with E-state index in [9.17, 15) is 29.1 Å². The first kappa shape index (κ1) is 46.7. The van der Waals surface area contributed by atoms with E-state index < -0.39 is 11.8 Å². The molecule has 1 aromatic carbocycles. The number of hydrazine groups is 1. The Balaban J connectivity index is 1.85. The Hall–Kier alpha value is -3.68. The van der Waals surface area contributed by atoms with Gasteiger partial charge in [0.2, 0.25) is 11.8 Å². The largest absolute Gasteiger partial charge is 0.508 e. The van der Waals surface area contributed by atoms with Crippen molar-refractivity contribution in [3.05, 3.63) is 45.9 Å². The van der Waals surface area contributed by atoms with Crippen LogP contribution in [0.4, 0.5) is 0 Å². The number of nitrogens with one attached hydrogen (secondary N) is 1. The van der Waals surface area contributed by atoms with Crippen LogP contribution in [0, 0.1) is 29.6 Å². The van der Waals surface area contributed by atoms with Crippen molar-refractivity contribution >= 4 is 40.7 Å². The number of phenols is 1. The Kier molecular flexibility index (Phi) is 19.1. The number of hydrogen-bond donors (Lipinski definition) is 3. The van der Waals surface area contributed by atoms with E-state index in [1.165, 1.54) is 11.3 Å². The fraction of sp³-hybridized carbons (Fsp3) is 0.674. The topological polar surface area (TPSA) is 172 Å². The summed E-state index contributed by atoms with van der Waals surface area (Å²) in [5.41, 5.74) is 3.50. The molecule has 1 fully saturated rings. The van der Waals surface area contributed by atoms with E-state index in [0.29, 0.717) is 31.4 Å². The molecule has 1 unspecified atom stereocenters. The number of phenolic OH excluding ortho intramolecular Hbond substituents is 1. The molecule has 0 bridgehead atoms. The molecule has 4 N–H and O–H groups in total. The van der Waals surface area contributed by atoms with Crippen LogP contribution in [-0.4, -0.2) is 81.6 Å². The van der Waals surface area contributed by atoms with Crippen LogP contribution < -0.4 is 11.3 Å². The average molecular weight is 798 g/mol. The predicted octanol–water partition coefficient (Wildman–Crippen LogP) is 7.05. The van der Waals surface area contributed by atoms with Crippen molar-refractivity contribution in [3.63, 3.8) is 0 Å². The summed E-state index contributed by atoms with van der Waals surface area (Å²) in [6, 6.07) is 6.30. The van der Waals surface area contributed by atoms with E-state index >= 15 is 0 Å². The van der Waals surface area contributed by atoms with Crippen molar-refractivity contribution in [2.75, 3.05) is 20.3 Å². The number of ether oxygens (including phenoxy) is 1. The second-order valence-corrected chi connectivity index (χ2v) is 17.3. The molecule has 0 spiro atoms. The van der Waals surface area contributed by atoms with Gasteiger partial charge in [-0.3, -0.25) is 34.3 Å². The lowest BCUT2D eigenvalue weighted by molar-refractivity contribution is -0.160. The molecule has 2 aromatic rings. The summed E-state index contributed by atoms with van der Waals surface area (Å²) >= 11 is 1.40. The van der Waals surface area contributed by atoms with Crippen LogP contribution >= 0.6 is 11.3 Å². The minimum Gasteiger partial charge on any atom is -0.508 e. The van der Waals surface area contributed by atoms with Crippen LogP contribution in [0.5, 0.6) is 5.75 Å². The van der Waals surface area contributed by atoms with Crippen LogP contribution in [-0.2, 0) is 30.3 Å². The Morgan fingerprint density at radius 1 is 1.04 bits per heavy atom. The zero-order valence-corrected chi connectivity index (χ0v) is 35.7. The second kappa shape index (κ2) is 22.9. The van der Waals surface area contributed by atoms with Gasteiger partial charge >= 0.3 is 5.97 Å². The van der Waals surface area contributed by atoms with Gasteiger partial charge in [-0.2, -0.15) is 0 Å². The van der Waals surface area contributed by atoms with Gasteiger partial charge in [0.1, 0.15) is 11.4 Å². The van der Waals surface area contributed by atoms with Crippen molar-refractivity contribution in [2.45, 2.75) is 137 Å². The first-order chi connectivity index (χ1) is 26.6. The van der Waals surface area contributed by atoms with Crippen LogP contribution in [0.15, 0.2) is 29.6 Å². The first-order valence-electron chi connectivity index (χ1n) is 20.6. The highest BCUT2D eigenvalue weighted by Crippen LogP contribution is 2.33. The van der Waals surface area contributed by atoms with Gasteiger partial charge in [0, 0.05) is 48.4 Å².